The molecule has 0 bridgehead atoms. The quantitative estimate of drug-likeness (QED) is 0.651. The van der Waals surface area contributed by atoms with E-state index in [9.17, 15) is 13.2 Å². The van der Waals surface area contributed by atoms with Crippen LogP contribution in [0.15, 0.2) is 0 Å². The monoisotopic (exact) mass is 278 g/mol. The third kappa shape index (κ3) is 4.91. The zero-order chi connectivity index (χ0) is 13.8. The summed E-state index contributed by atoms with van der Waals surface area (Å²) in [5.41, 5.74) is 0. The third-order valence-electron chi connectivity index (χ3n) is 3.28. The predicted octanol–water partition coefficient (Wildman–Crippen LogP) is 0.362. The molecule has 0 radical (unpaired) electrons. The molecule has 106 valence electrons. The normalized spacial score (nSPS) is 17.8. The van der Waals surface area contributed by atoms with Crippen LogP contribution in [0, 0.1) is 11.8 Å². The zero-order valence-electron chi connectivity index (χ0n) is 11.2. The van der Waals surface area contributed by atoms with Gasteiger partial charge in [-0.2, -0.15) is 12.7 Å². The molecule has 1 rings (SSSR count). The van der Waals surface area contributed by atoms with Gasteiger partial charge >= 0.3 is 5.97 Å². The smallest absolute Gasteiger partial charge is 0.306 e. The van der Waals surface area contributed by atoms with Crippen LogP contribution in [0.1, 0.15) is 26.2 Å². The first-order valence-electron chi connectivity index (χ1n) is 6.14. The summed E-state index contributed by atoms with van der Waals surface area (Å²) in [6.45, 7) is 2.63. The van der Waals surface area contributed by atoms with E-state index in [1.807, 2.05) is 0 Å². The molecule has 0 amide bonds. The predicted molar refractivity (Wildman–Crippen MR) is 68.1 cm³/mol. The molecule has 18 heavy (non-hydrogen) atoms. The average molecular weight is 278 g/mol. The molecule has 6 nitrogen and oxygen atoms in total. The minimum absolute atomic E-state index is 0.0616. The molecule has 1 aliphatic rings. The number of esters is 1. The Morgan fingerprint density at radius 2 is 2.11 bits per heavy atom. The zero-order valence-corrected chi connectivity index (χ0v) is 12.0. The number of ether oxygens (including phenoxy) is 1. The lowest BCUT2D eigenvalue weighted by atomic mass is 10.1. The second-order valence-electron chi connectivity index (χ2n) is 4.82. The molecule has 1 fully saturated rings. The SMILES string of the molecule is COC(=O)CCN(C)S(=O)(=O)NCC(C)C1CC1. The molecule has 1 unspecified atom stereocenters. The van der Waals surface area contributed by atoms with Gasteiger partial charge in [-0.1, -0.05) is 6.92 Å². The summed E-state index contributed by atoms with van der Waals surface area (Å²) in [5, 5.41) is 0. The summed E-state index contributed by atoms with van der Waals surface area (Å²) in [6, 6.07) is 0. The van der Waals surface area contributed by atoms with Crippen LogP contribution in [0.2, 0.25) is 0 Å². The minimum atomic E-state index is -3.49. The average Bonchev–Trinajstić information content (AvgIpc) is 3.16. The summed E-state index contributed by atoms with van der Waals surface area (Å²) in [6.07, 6.45) is 2.45. The number of methoxy groups -OCH3 is 1. The van der Waals surface area contributed by atoms with Gasteiger partial charge in [-0.3, -0.25) is 4.79 Å². The van der Waals surface area contributed by atoms with Crippen LogP contribution in [0.25, 0.3) is 0 Å². The fraction of sp³-hybridized carbons (Fsp3) is 0.909. The van der Waals surface area contributed by atoms with E-state index < -0.39 is 16.2 Å². The lowest BCUT2D eigenvalue weighted by Crippen LogP contribution is -2.41. The van der Waals surface area contributed by atoms with Crippen LogP contribution in [0.5, 0.6) is 0 Å². The highest BCUT2D eigenvalue weighted by Gasteiger charge is 2.29. The highest BCUT2D eigenvalue weighted by atomic mass is 32.2. The maximum atomic E-state index is 11.8. The largest absolute Gasteiger partial charge is 0.469 e. The van der Waals surface area contributed by atoms with Crippen molar-refractivity contribution in [3.8, 4) is 0 Å². The van der Waals surface area contributed by atoms with Gasteiger partial charge in [0.1, 0.15) is 0 Å². The van der Waals surface area contributed by atoms with Crippen molar-refractivity contribution in [1.29, 1.82) is 0 Å². The molecule has 1 atom stereocenters. The van der Waals surface area contributed by atoms with E-state index in [-0.39, 0.29) is 13.0 Å². The van der Waals surface area contributed by atoms with E-state index >= 15 is 0 Å². The highest BCUT2D eigenvalue weighted by molar-refractivity contribution is 7.87. The third-order valence-corrected chi connectivity index (χ3v) is 4.82. The summed E-state index contributed by atoms with van der Waals surface area (Å²) in [7, 11) is -0.754. The lowest BCUT2D eigenvalue weighted by Gasteiger charge is -2.19. The first-order valence-corrected chi connectivity index (χ1v) is 7.58. The van der Waals surface area contributed by atoms with E-state index in [2.05, 4.69) is 16.4 Å². The number of carbonyl (C=O) groups excluding carboxylic acids is 1. The number of hydrogen-bond donors (Lipinski definition) is 1. The van der Waals surface area contributed by atoms with Gasteiger partial charge in [0.15, 0.2) is 0 Å². The van der Waals surface area contributed by atoms with Gasteiger partial charge in [0.2, 0.25) is 0 Å². The maximum absolute atomic E-state index is 11.8. The molecule has 1 saturated carbocycles. The van der Waals surface area contributed by atoms with Crippen molar-refractivity contribution in [3.63, 3.8) is 0 Å². The van der Waals surface area contributed by atoms with Crippen molar-refractivity contribution in [2.75, 3.05) is 27.2 Å². The second kappa shape index (κ2) is 6.49. The number of nitrogens with zero attached hydrogens (tertiary/aromatic N) is 1. The molecule has 0 spiro atoms. The second-order valence-corrected chi connectivity index (χ2v) is 6.68. The van der Waals surface area contributed by atoms with Crippen LogP contribution in [-0.2, 0) is 19.7 Å². The molecule has 1 N–H and O–H groups in total. The van der Waals surface area contributed by atoms with Gasteiger partial charge in [-0.25, -0.2) is 4.72 Å². The molecular weight excluding hydrogens is 256 g/mol. The van der Waals surface area contributed by atoms with Crippen molar-refractivity contribution < 1.29 is 17.9 Å². The van der Waals surface area contributed by atoms with E-state index in [4.69, 9.17) is 0 Å². The molecule has 0 aromatic rings. The van der Waals surface area contributed by atoms with Gasteiger partial charge in [0.05, 0.1) is 13.5 Å². The number of hydrogen-bond acceptors (Lipinski definition) is 4. The molecular formula is C11H22N2O4S. The number of carbonyl (C=O) groups is 1. The lowest BCUT2D eigenvalue weighted by molar-refractivity contribution is -0.140. The van der Waals surface area contributed by atoms with Gasteiger partial charge in [-0.05, 0) is 24.7 Å². The Balaban J connectivity index is 2.34. The minimum Gasteiger partial charge on any atom is -0.469 e. The first-order chi connectivity index (χ1) is 8.36. The van der Waals surface area contributed by atoms with Crippen molar-refractivity contribution in [2.45, 2.75) is 26.2 Å². The Morgan fingerprint density at radius 1 is 1.50 bits per heavy atom. The Kier molecular flexibility index (Phi) is 5.55. The molecule has 0 aromatic carbocycles. The van der Waals surface area contributed by atoms with Crippen molar-refractivity contribution >= 4 is 16.2 Å². The molecule has 0 saturated heterocycles. The number of nitrogens with one attached hydrogen (secondary N) is 1. The maximum Gasteiger partial charge on any atom is 0.306 e. The summed E-state index contributed by atoms with van der Waals surface area (Å²) < 4.78 is 31.9. The molecule has 0 heterocycles. The van der Waals surface area contributed by atoms with E-state index in [1.54, 1.807) is 0 Å². The van der Waals surface area contributed by atoms with E-state index in [0.29, 0.717) is 18.4 Å². The van der Waals surface area contributed by atoms with Crippen LogP contribution in [0.4, 0.5) is 0 Å². The van der Waals surface area contributed by atoms with Crippen LogP contribution >= 0.6 is 0 Å². The molecule has 0 aliphatic heterocycles. The molecule has 0 aromatic heterocycles. The van der Waals surface area contributed by atoms with Gasteiger partial charge in [0.25, 0.3) is 10.2 Å². The van der Waals surface area contributed by atoms with Gasteiger partial charge < -0.3 is 4.74 Å². The van der Waals surface area contributed by atoms with E-state index in [0.717, 1.165) is 4.31 Å². The molecule has 1 aliphatic carbocycles. The summed E-state index contributed by atoms with van der Waals surface area (Å²) >= 11 is 0. The fourth-order valence-corrected chi connectivity index (χ4v) is 2.68. The fourth-order valence-electron chi connectivity index (χ4n) is 1.65. The molecule has 7 heteroatoms. The van der Waals surface area contributed by atoms with Crippen LogP contribution < -0.4 is 4.72 Å². The van der Waals surface area contributed by atoms with E-state index in [1.165, 1.54) is 27.0 Å². The number of rotatable bonds is 8. The van der Waals surface area contributed by atoms with Crippen LogP contribution in [-0.4, -0.2) is 45.9 Å². The first kappa shape index (κ1) is 15.4. The Bertz CT molecular complexity index is 379. The van der Waals surface area contributed by atoms with Crippen molar-refractivity contribution in [3.05, 3.63) is 0 Å². The Hall–Kier alpha value is -0.660. The summed E-state index contributed by atoms with van der Waals surface area (Å²) in [4.78, 5) is 10.9. The van der Waals surface area contributed by atoms with Gasteiger partial charge in [-0.15, -0.1) is 0 Å². The highest BCUT2D eigenvalue weighted by Crippen LogP contribution is 2.36. The standard InChI is InChI=1S/C11H22N2O4S/c1-9(10-4-5-10)8-12-18(15,16)13(2)7-6-11(14)17-3/h9-10,12H,4-8H2,1-3H3. The Labute approximate surface area is 109 Å². The van der Waals surface area contributed by atoms with Crippen molar-refractivity contribution in [1.82, 2.24) is 9.03 Å². The van der Waals surface area contributed by atoms with Crippen molar-refractivity contribution in [2.24, 2.45) is 11.8 Å². The summed E-state index contributed by atoms with van der Waals surface area (Å²) in [5.74, 6) is 0.616. The Morgan fingerprint density at radius 3 is 2.61 bits per heavy atom. The van der Waals surface area contributed by atoms with Gasteiger partial charge in [0, 0.05) is 20.1 Å². The van der Waals surface area contributed by atoms with Crippen LogP contribution in [0.3, 0.4) is 0 Å². The topological polar surface area (TPSA) is 75.7 Å².